The van der Waals surface area contributed by atoms with E-state index in [-0.39, 0.29) is 11.1 Å². The molecule has 0 bridgehead atoms. The normalized spacial score (nSPS) is 9.69. The Morgan fingerprint density at radius 2 is 1.94 bits per heavy atom. The van der Waals surface area contributed by atoms with Gasteiger partial charge in [0, 0.05) is 18.5 Å². The lowest BCUT2D eigenvalue weighted by atomic mass is 10.1. The molecule has 0 radical (unpaired) electrons. The van der Waals surface area contributed by atoms with E-state index >= 15 is 0 Å². The minimum atomic E-state index is -0.434. The third kappa shape index (κ3) is 1.77. The van der Waals surface area contributed by atoms with Crippen molar-refractivity contribution in [3.63, 3.8) is 0 Å². The highest BCUT2D eigenvalue weighted by Gasteiger charge is 2.03. The summed E-state index contributed by atoms with van der Waals surface area (Å²) >= 11 is 0. The van der Waals surface area contributed by atoms with Gasteiger partial charge in [-0.05, 0) is 23.3 Å². The zero-order chi connectivity index (χ0) is 11.5. The van der Waals surface area contributed by atoms with Crippen molar-refractivity contribution in [1.82, 2.24) is 9.97 Å². The Morgan fingerprint density at radius 1 is 1.12 bits per heavy atom. The summed E-state index contributed by atoms with van der Waals surface area (Å²) in [6.45, 7) is 0. The molecule has 2 aromatic rings. The van der Waals surface area contributed by atoms with E-state index in [2.05, 4.69) is 9.97 Å². The van der Waals surface area contributed by atoms with Crippen LogP contribution in [-0.2, 0) is 0 Å². The monoisotopic (exact) mass is 213 g/mol. The van der Waals surface area contributed by atoms with E-state index in [9.17, 15) is 9.59 Å². The van der Waals surface area contributed by atoms with Crippen LogP contribution in [0.1, 0.15) is 5.56 Å². The number of nitrogens with one attached hydrogen (secondary N) is 2. The third-order valence-corrected chi connectivity index (χ3v) is 2.13. The van der Waals surface area contributed by atoms with E-state index in [0.29, 0.717) is 11.1 Å². The van der Waals surface area contributed by atoms with Crippen LogP contribution in [0.4, 0.5) is 0 Å². The average molecular weight is 213 g/mol. The Morgan fingerprint density at radius 3 is 2.62 bits per heavy atom. The topological polar surface area (TPSA) is 89.5 Å². The van der Waals surface area contributed by atoms with Gasteiger partial charge in [0.25, 0.3) is 5.56 Å². The summed E-state index contributed by atoms with van der Waals surface area (Å²) in [7, 11) is 0. The molecule has 5 heteroatoms. The van der Waals surface area contributed by atoms with Crippen molar-refractivity contribution in [2.24, 2.45) is 0 Å². The molecule has 0 spiro atoms. The van der Waals surface area contributed by atoms with E-state index in [1.165, 1.54) is 24.5 Å². The number of H-pyrrole nitrogens is 2. The number of aromatic nitrogens is 2. The molecule has 0 fully saturated rings. The second-order valence-electron chi connectivity index (χ2n) is 3.18. The second-order valence-corrected chi connectivity index (χ2v) is 3.18. The Bertz CT molecular complexity index is 676. The van der Waals surface area contributed by atoms with Crippen molar-refractivity contribution in [2.75, 3.05) is 0 Å². The van der Waals surface area contributed by atoms with E-state index < -0.39 is 5.56 Å². The van der Waals surface area contributed by atoms with Crippen molar-refractivity contribution in [2.45, 2.75) is 0 Å². The fraction of sp³-hybridized carbons (Fsp3) is 0. The van der Waals surface area contributed by atoms with Crippen LogP contribution in [0.3, 0.4) is 0 Å². The SMILES string of the molecule is N#Cc1cc(-c2cc[nH]c(=O)c2)c[nH]c1=O. The molecule has 2 N–H and O–H groups in total. The van der Waals surface area contributed by atoms with Gasteiger partial charge in [0.1, 0.15) is 11.6 Å². The summed E-state index contributed by atoms with van der Waals surface area (Å²) in [4.78, 5) is 27.2. The smallest absolute Gasteiger partial charge is 0.265 e. The molecule has 0 atom stereocenters. The molecule has 0 saturated heterocycles. The van der Waals surface area contributed by atoms with Gasteiger partial charge >= 0.3 is 0 Å². The third-order valence-electron chi connectivity index (χ3n) is 2.13. The van der Waals surface area contributed by atoms with Crippen LogP contribution in [0.2, 0.25) is 0 Å². The first-order valence-corrected chi connectivity index (χ1v) is 4.52. The second kappa shape index (κ2) is 3.87. The molecule has 0 aliphatic heterocycles. The maximum atomic E-state index is 11.2. The van der Waals surface area contributed by atoms with Gasteiger partial charge in [0.15, 0.2) is 0 Å². The fourth-order valence-electron chi connectivity index (χ4n) is 1.36. The lowest BCUT2D eigenvalue weighted by molar-refractivity contribution is 1.20. The van der Waals surface area contributed by atoms with Crippen molar-refractivity contribution in [3.8, 4) is 17.2 Å². The zero-order valence-electron chi connectivity index (χ0n) is 8.15. The molecule has 0 aliphatic rings. The molecule has 16 heavy (non-hydrogen) atoms. The van der Waals surface area contributed by atoms with E-state index in [0.717, 1.165) is 0 Å². The summed E-state index contributed by atoms with van der Waals surface area (Å²) in [6, 6.07) is 6.33. The fourth-order valence-corrected chi connectivity index (χ4v) is 1.36. The Labute approximate surface area is 90.0 Å². The summed E-state index contributed by atoms with van der Waals surface area (Å²) < 4.78 is 0. The van der Waals surface area contributed by atoms with Gasteiger partial charge in [-0.1, -0.05) is 0 Å². The quantitative estimate of drug-likeness (QED) is 0.726. The number of rotatable bonds is 1. The first-order valence-electron chi connectivity index (χ1n) is 4.52. The minimum absolute atomic E-state index is 0.0257. The van der Waals surface area contributed by atoms with E-state index in [4.69, 9.17) is 5.26 Å². The molecule has 0 aromatic carbocycles. The van der Waals surface area contributed by atoms with Crippen LogP contribution in [0.15, 0.2) is 40.2 Å². The van der Waals surface area contributed by atoms with Gasteiger partial charge < -0.3 is 9.97 Å². The first kappa shape index (κ1) is 9.93. The number of hydrogen-bond donors (Lipinski definition) is 2. The van der Waals surface area contributed by atoms with E-state index in [1.807, 2.05) is 0 Å². The van der Waals surface area contributed by atoms with Crippen molar-refractivity contribution >= 4 is 0 Å². The molecule has 0 aliphatic carbocycles. The largest absolute Gasteiger partial charge is 0.329 e. The standard InChI is InChI=1S/C11H7N3O2/c12-5-8-3-9(6-14-11(8)16)7-1-2-13-10(15)4-7/h1-4,6H,(H,13,15)(H,14,16). The first-order chi connectivity index (χ1) is 7.70. The van der Waals surface area contributed by atoms with Crippen LogP contribution >= 0.6 is 0 Å². The van der Waals surface area contributed by atoms with E-state index in [1.54, 1.807) is 12.1 Å². The molecule has 5 nitrogen and oxygen atoms in total. The molecule has 0 unspecified atom stereocenters. The maximum absolute atomic E-state index is 11.2. The average Bonchev–Trinajstić information content (AvgIpc) is 2.29. The minimum Gasteiger partial charge on any atom is -0.329 e. The molecule has 2 heterocycles. The maximum Gasteiger partial charge on any atom is 0.265 e. The Kier molecular flexibility index (Phi) is 2.40. The predicted molar refractivity (Wildman–Crippen MR) is 57.8 cm³/mol. The van der Waals surface area contributed by atoms with Crippen LogP contribution < -0.4 is 11.1 Å². The van der Waals surface area contributed by atoms with Gasteiger partial charge in [-0.25, -0.2) is 0 Å². The molecule has 0 saturated carbocycles. The van der Waals surface area contributed by atoms with Gasteiger partial charge in [-0.2, -0.15) is 5.26 Å². The molecule has 2 aromatic heterocycles. The van der Waals surface area contributed by atoms with Crippen molar-refractivity contribution in [3.05, 3.63) is 56.9 Å². The Balaban J connectivity index is 2.62. The van der Waals surface area contributed by atoms with Crippen LogP contribution in [0, 0.1) is 11.3 Å². The van der Waals surface area contributed by atoms with Gasteiger partial charge in [-0.3, -0.25) is 9.59 Å². The number of pyridine rings is 2. The summed E-state index contributed by atoms with van der Waals surface area (Å²) in [5, 5.41) is 8.71. The van der Waals surface area contributed by atoms with Gasteiger partial charge in [-0.15, -0.1) is 0 Å². The number of nitrogens with zero attached hydrogens (tertiary/aromatic N) is 1. The lowest BCUT2D eigenvalue weighted by Gasteiger charge is -1.99. The van der Waals surface area contributed by atoms with Crippen molar-refractivity contribution < 1.29 is 0 Å². The van der Waals surface area contributed by atoms with Crippen LogP contribution in [0.25, 0.3) is 11.1 Å². The summed E-state index contributed by atoms with van der Waals surface area (Å²) in [6.07, 6.45) is 2.98. The Hall–Kier alpha value is -2.61. The number of nitriles is 1. The number of hydrogen-bond acceptors (Lipinski definition) is 3. The summed E-state index contributed by atoms with van der Waals surface area (Å²) in [5.41, 5.74) is 0.634. The van der Waals surface area contributed by atoms with Crippen LogP contribution in [-0.4, -0.2) is 9.97 Å². The molecular formula is C11H7N3O2. The summed E-state index contributed by atoms with van der Waals surface area (Å²) in [5.74, 6) is 0. The highest BCUT2D eigenvalue weighted by Crippen LogP contribution is 2.15. The molecule has 0 amide bonds. The lowest BCUT2D eigenvalue weighted by Crippen LogP contribution is -2.09. The highest BCUT2D eigenvalue weighted by atomic mass is 16.1. The predicted octanol–water partition coefficient (Wildman–Crippen LogP) is 0.602. The highest BCUT2D eigenvalue weighted by molar-refractivity contribution is 5.63. The van der Waals surface area contributed by atoms with Gasteiger partial charge in [0.2, 0.25) is 5.56 Å². The van der Waals surface area contributed by atoms with Crippen LogP contribution in [0.5, 0.6) is 0 Å². The molecule has 78 valence electrons. The van der Waals surface area contributed by atoms with Gasteiger partial charge in [0.05, 0.1) is 0 Å². The number of aromatic amines is 2. The zero-order valence-corrected chi connectivity index (χ0v) is 8.15. The van der Waals surface area contributed by atoms with Crippen molar-refractivity contribution in [1.29, 1.82) is 5.26 Å². The molecule has 2 rings (SSSR count). The molecular weight excluding hydrogens is 206 g/mol.